The third-order valence-electron chi connectivity index (χ3n) is 11.6. The third kappa shape index (κ3) is 8.20. The Labute approximate surface area is 355 Å². The molecule has 0 radical (unpaired) electrons. The van der Waals surface area contributed by atoms with Gasteiger partial charge in [-0.05, 0) is 69.9 Å². The molecule has 0 aliphatic carbocycles. The van der Waals surface area contributed by atoms with Crippen molar-refractivity contribution in [3.05, 3.63) is 91.8 Å². The second-order valence-corrected chi connectivity index (χ2v) is 17.1. The largest absolute Gasteiger partial charge is 0.340 e. The van der Waals surface area contributed by atoms with Gasteiger partial charge in [-0.2, -0.15) is 0 Å². The van der Waals surface area contributed by atoms with Crippen LogP contribution in [0.3, 0.4) is 0 Å². The number of hydrogen-bond acceptors (Lipinski definition) is 11. The molecule has 1 unspecified atom stereocenters. The predicted molar refractivity (Wildman–Crippen MR) is 224 cm³/mol. The van der Waals surface area contributed by atoms with E-state index in [0.29, 0.717) is 72.5 Å². The molecule has 6 amide bonds. The quantitative estimate of drug-likeness (QED) is 0.146. The second-order valence-electron chi connectivity index (χ2n) is 15.5. The standard InChI is InChI=1S/C42H45ClN10O6S/c1-23-24(2)60-42-37(23)38(26-11-13-27(43)14-12-26)45-31(39-48-47-25(3)53(39)42)21-35(56)49-51-19-17-50(18-20-51)36(57)10-5-4-9-33(54)44-30-8-6-7-28-29(30)22-52(41(28)59)32-15-16-34(55)46-40(32)58/h6-8,11-14,31-32H,4-5,9-10,15-22H2,1-3H3,(H,44,54)(H,49,56)(H,46,55,58)/t31-,32?/m0/s1. The van der Waals surface area contributed by atoms with Crippen molar-refractivity contribution in [2.24, 2.45) is 4.99 Å². The van der Waals surface area contributed by atoms with Gasteiger partial charge in [-0.25, -0.2) is 5.01 Å². The van der Waals surface area contributed by atoms with Crippen LogP contribution >= 0.6 is 22.9 Å². The molecule has 60 heavy (non-hydrogen) atoms. The van der Waals surface area contributed by atoms with Crippen LogP contribution in [0.2, 0.25) is 5.02 Å². The van der Waals surface area contributed by atoms with Gasteiger partial charge in [-0.15, -0.1) is 21.5 Å². The lowest BCUT2D eigenvalue weighted by atomic mass is 9.99. The lowest BCUT2D eigenvalue weighted by molar-refractivity contribution is -0.137. The van der Waals surface area contributed by atoms with Gasteiger partial charge < -0.3 is 15.1 Å². The molecule has 2 fully saturated rings. The topological polar surface area (TPSA) is 191 Å². The number of hydrazine groups is 1. The molecular formula is C42H45ClN10O6S. The van der Waals surface area contributed by atoms with Crippen molar-refractivity contribution in [3.8, 4) is 5.00 Å². The summed E-state index contributed by atoms with van der Waals surface area (Å²) in [7, 11) is 0. The number of piperazine rings is 1. The summed E-state index contributed by atoms with van der Waals surface area (Å²) in [4.78, 5) is 86.4. The number of piperidine rings is 1. The maximum Gasteiger partial charge on any atom is 0.255 e. The fourth-order valence-electron chi connectivity index (χ4n) is 8.23. The first-order chi connectivity index (χ1) is 28.9. The molecule has 0 saturated carbocycles. The number of halogens is 1. The molecule has 4 aromatic rings. The highest BCUT2D eigenvalue weighted by molar-refractivity contribution is 7.15. The highest BCUT2D eigenvalue weighted by atomic mass is 35.5. The average Bonchev–Trinajstić information content (AvgIpc) is 3.84. The van der Waals surface area contributed by atoms with Crippen LogP contribution in [0.25, 0.3) is 5.00 Å². The monoisotopic (exact) mass is 852 g/mol. The van der Waals surface area contributed by atoms with E-state index in [1.807, 2.05) is 40.8 Å². The number of imide groups is 1. The summed E-state index contributed by atoms with van der Waals surface area (Å²) in [6.45, 7) is 8.03. The number of unbranched alkanes of at least 4 members (excludes halogenated alkanes) is 1. The fraction of sp³-hybridized carbons (Fsp3) is 0.405. The van der Waals surface area contributed by atoms with E-state index in [9.17, 15) is 28.8 Å². The van der Waals surface area contributed by atoms with E-state index in [-0.39, 0.29) is 68.2 Å². The molecule has 8 rings (SSSR count). The minimum Gasteiger partial charge on any atom is -0.340 e. The molecular weight excluding hydrogens is 808 g/mol. The molecule has 3 N–H and O–H groups in total. The van der Waals surface area contributed by atoms with Crippen LogP contribution in [-0.4, -0.2) is 103 Å². The summed E-state index contributed by atoms with van der Waals surface area (Å²) in [6, 6.07) is 11.3. The number of benzene rings is 2. The molecule has 16 nitrogen and oxygen atoms in total. The van der Waals surface area contributed by atoms with Crippen molar-refractivity contribution in [2.75, 3.05) is 31.5 Å². The van der Waals surface area contributed by atoms with Crippen LogP contribution in [0.5, 0.6) is 0 Å². The minimum atomic E-state index is -0.744. The second kappa shape index (κ2) is 17.1. The van der Waals surface area contributed by atoms with Gasteiger partial charge in [0.1, 0.15) is 22.9 Å². The van der Waals surface area contributed by atoms with E-state index in [1.165, 1.54) is 4.90 Å². The summed E-state index contributed by atoms with van der Waals surface area (Å²) < 4.78 is 2.01. The van der Waals surface area contributed by atoms with Crippen LogP contribution in [-0.2, 0) is 30.5 Å². The number of thiophene rings is 1. The lowest BCUT2D eigenvalue weighted by Gasteiger charge is -2.35. The Morgan fingerprint density at radius 2 is 1.68 bits per heavy atom. The Kier molecular flexibility index (Phi) is 11.7. The first-order valence-electron chi connectivity index (χ1n) is 20.1. The van der Waals surface area contributed by atoms with Gasteiger partial charge in [0.2, 0.25) is 29.5 Å². The molecule has 4 aliphatic rings. The number of anilines is 1. The highest BCUT2D eigenvalue weighted by Gasteiger charge is 2.40. The number of carbonyl (C=O) groups excluding carboxylic acids is 6. The Bertz CT molecular complexity index is 2440. The van der Waals surface area contributed by atoms with Crippen molar-refractivity contribution < 1.29 is 28.8 Å². The zero-order valence-corrected chi connectivity index (χ0v) is 35.1. The average molecular weight is 853 g/mol. The maximum atomic E-state index is 13.6. The SMILES string of the molecule is Cc1sc2c(c1C)C(c1ccc(Cl)cc1)=N[C@@H](CC(=O)NN1CCN(C(=O)CCCCC(=O)Nc3cccc4c3CN(C3CCC(=O)NC3=O)C4=O)CC1)c1nnc(C)n1-2. The van der Waals surface area contributed by atoms with Crippen molar-refractivity contribution in [3.63, 3.8) is 0 Å². The number of amides is 6. The normalized spacial score (nSPS) is 18.9. The summed E-state index contributed by atoms with van der Waals surface area (Å²) in [6.07, 6.45) is 1.95. The smallest absolute Gasteiger partial charge is 0.255 e. The summed E-state index contributed by atoms with van der Waals surface area (Å²) in [5, 5.41) is 17.5. The molecule has 2 saturated heterocycles. The molecule has 2 atom stereocenters. The van der Waals surface area contributed by atoms with Crippen molar-refractivity contribution in [1.29, 1.82) is 0 Å². The van der Waals surface area contributed by atoms with E-state index >= 15 is 0 Å². The van der Waals surface area contributed by atoms with Crippen LogP contribution < -0.4 is 16.1 Å². The van der Waals surface area contributed by atoms with E-state index < -0.39 is 18.0 Å². The highest BCUT2D eigenvalue weighted by Crippen LogP contribution is 2.40. The molecule has 6 heterocycles. The zero-order valence-electron chi connectivity index (χ0n) is 33.5. The van der Waals surface area contributed by atoms with Crippen LogP contribution in [0.1, 0.15) is 100 Å². The van der Waals surface area contributed by atoms with Gasteiger partial charge in [0.25, 0.3) is 5.91 Å². The first kappa shape index (κ1) is 41.0. The first-order valence-corrected chi connectivity index (χ1v) is 21.3. The van der Waals surface area contributed by atoms with Crippen LogP contribution in [0.4, 0.5) is 5.69 Å². The molecule has 2 aromatic carbocycles. The Balaban J connectivity index is 0.808. The molecule has 0 spiro atoms. The van der Waals surface area contributed by atoms with Gasteiger partial charge in [-0.1, -0.05) is 29.8 Å². The Morgan fingerprint density at radius 1 is 0.933 bits per heavy atom. The summed E-state index contributed by atoms with van der Waals surface area (Å²) >= 11 is 7.89. The van der Waals surface area contributed by atoms with Gasteiger partial charge in [0, 0.05) is 89.8 Å². The molecule has 18 heteroatoms. The number of aliphatic imine (C=N–C) groups is 1. The lowest BCUT2D eigenvalue weighted by Crippen LogP contribution is -2.54. The third-order valence-corrected chi connectivity index (χ3v) is 13.0. The maximum absolute atomic E-state index is 13.6. The van der Waals surface area contributed by atoms with Gasteiger partial charge >= 0.3 is 0 Å². The Hall–Kier alpha value is -5.78. The van der Waals surface area contributed by atoms with Crippen molar-refractivity contribution >= 4 is 69.8 Å². The Morgan fingerprint density at radius 3 is 2.43 bits per heavy atom. The molecule has 4 aliphatic heterocycles. The zero-order chi connectivity index (χ0) is 42.2. The van der Waals surface area contributed by atoms with E-state index in [1.54, 1.807) is 34.4 Å². The molecule has 0 bridgehead atoms. The minimum absolute atomic E-state index is 0.00968. The van der Waals surface area contributed by atoms with Crippen molar-refractivity contribution in [1.82, 2.24) is 40.3 Å². The van der Waals surface area contributed by atoms with E-state index in [4.69, 9.17) is 16.6 Å². The number of carbonyl (C=O) groups is 6. The number of hydrogen-bond donors (Lipinski definition) is 3. The van der Waals surface area contributed by atoms with Gasteiger partial charge in [0.05, 0.1) is 12.1 Å². The number of aromatic nitrogens is 3. The predicted octanol–water partition coefficient (Wildman–Crippen LogP) is 4.33. The van der Waals surface area contributed by atoms with Crippen LogP contribution in [0, 0.1) is 20.8 Å². The molecule has 312 valence electrons. The number of rotatable bonds is 11. The molecule has 2 aromatic heterocycles. The summed E-state index contributed by atoms with van der Waals surface area (Å²) in [5.41, 5.74) is 8.35. The van der Waals surface area contributed by atoms with Crippen LogP contribution in [0.15, 0.2) is 47.5 Å². The number of fused-ring (bicyclic) bond motifs is 4. The van der Waals surface area contributed by atoms with E-state index in [0.717, 1.165) is 32.3 Å². The summed E-state index contributed by atoms with van der Waals surface area (Å²) in [5.74, 6) is -0.314. The van der Waals surface area contributed by atoms with Gasteiger partial charge in [-0.3, -0.25) is 49.1 Å². The number of nitrogens with one attached hydrogen (secondary N) is 3. The van der Waals surface area contributed by atoms with Gasteiger partial charge in [0.15, 0.2) is 5.82 Å². The number of aryl methyl sites for hydroxylation is 2. The van der Waals surface area contributed by atoms with E-state index in [2.05, 4.69) is 40.1 Å². The number of nitrogens with zero attached hydrogens (tertiary/aromatic N) is 7. The van der Waals surface area contributed by atoms with Crippen molar-refractivity contribution in [2.45, 2.75) is 84.3 Å². The fourth-order valence-corrected chi connectivity index (χ4v) is 9.57.